The maximum Gasteiger partial charge on any atom is 0.409 e. The number of nitrogens with zero attached hydrogens (tertiary/aromatic N) is 3. The van der Waals surface area contributed by atoms with Gasteiger partial charge in [-0.2, -0.15) is 0 Å². The molecule has 3 rings (SSSR count). The highest BCUT2D eigenvalue weighted by molar-refractivity contribution is 5.67. The molecule has 1 aromatic heterocycles. The van der Waals surface area contributed by atoms with Crippen LogP contribution in [-0.4, -0.2) is 40.2 Å². The number of benzene rings is 1. The number of ether oxygens (including phenoxy) is 1. The van der Waals surface area contributed by atoms with E-state index in [2.05, 4.69) is 28.6 Å². The SMILES string of the molecule is CCCCOC(=O)N1CCC(c2nccn2-c2ccccc2)CC1. The van der Waals surface area contributed by atoms with E-state index in [-0.39, 0.29) is 6.09 Å². The Balaban J connectivity index is 1.60. The Morgan fingerprint density at radius 3 is 2.71 bits per heavy atom. The average molecular weight is 327 g/mol. The lowest BCUT2D eigenvalue weighted by Crippen LogP contribution is -2.38. The van der Waals surface area contributed by atoms with Gasteiger partial charge in [-0.05, 0) is 31.4 Å². The molecule has 1 aromatic carbocycles. The zero-order chi connectivity index (χ0) is 16.8. The van der Waals surface area contributed by atoms with Crippen LogP contribution in [0.4, 0.5) is 4.79 Å². The third-order valence-corrected chi connectivity index (χ3v) is 4.55. The molecule has 128 valence electrons. The molecule has 1 aliphatic heterocycles. The van der Waals surface area contributed by atoms with Crippen LogP contribution in [0.5, 0.6) is 0 Å². The third kappa shape index (κ3) is 3.78. The predicted octanol–water partition coefficient (Wildman–Crippen LogP) is 3.99. The molecule has 0 radical (unpaired) electrons. The fourth-order valence-electron chi connectivity index (χ4n) is 3.14. The highest BCUT2D eigenvalue weighted by Crippen LogP contribution is 2.28. The lowest BCUT2D eigenvalue weighted by molar-refractivity contribution is 0.0911. The number of amides is 1. The summed E-state index contributed by atoms with van der Waals surface area (Å²) in [7, 11) is 0. The normalized spacial score (nSPS) is 15.5. The van der Waals surface area contributed by atoms with Crippen LogP contribution in [0.3, 0.4) is 0 Å². The summed E-state index contributed by atoms with van der Waals surface area (Å²) in [5.74, 6) is 1.46. The van der Waals surface area contributed by atoms with Gasteiger partial charge in [0.1, 0.15) is 5.82 Å². The fraction of sp³-hybridized carbons (Fsp3) is 0.474. The summed E-state index contributed by atoms with van der Waals surface area (Å²) >= 11 is 0. The molecular weight excluding hydrogens is 302 g/mol. The number of piperidine rings is 1. The molecule has 0 spiro atoms. The second kappa shape index (κ2) is 7.99. The largest absolute Gasteiger partial charge is 0.449 e. The molecule has 0 bridgehead atoms. The molecule has 1 saturated heterocycles. The van der Waals surface area contributed by atoms with Crippen LogP contribution in [0.2, 0.25) is 0 Å². The number of imidazole rings is 1. The van der Waals surface area contributed by atoms with Crippen LogP contribution in [0.25, 0.3) is 5.69 Å². The molecule has 5 nitrogen and oxygen atoms in total. The van der Waals surface area contributed by atoms with Crippen molar-refractivity contribution in [3.05, 3.63) is 48.5 Å². The number of hydrogen-bond donors (Lipinski definition) is 0. The summed E-state index contributed by atoms with van der Waals surface area (Å²) in [6.45, 7) is 4.08. The minimum absolute atomic E-state index is 0.173. The van der Waals surface area contributed by atoms with Gasteiger partial charge in [-0.25, -0.2) is 9.78 Å². The van der Waals surface area contributed by atoms with E-state index in [1.165, 1.54) is 0 Å². The van der Waals surface area contributed by atoms with Crippen LogP contribution >= 0.6 is 0 Å². The van der Waals surface area contributed by atoms with Crippen molar-refractivity contribution in [2.45, 2.75) is 38.5 Å². The maximum absolute atomic E-state index is 12.0. The number of rotatable bonds is 5. The van der Waals surface area contributed by atoms with Gasteiger partial charge >= 0.3 is 6.09 Å². The topological polar surface area (TPSA) is 47.4 Å². The summed E-state index contributed by atoms with van der Waals surface area (Å²) < 4.78 is 7.46. The van der Waals surface area contributed by atoms with Gasteiger partial charge in [0.15, 0.2) is 0 Å². The Kier molecular flexibility index (Phi) is 5.51. The van der Waals surface area contributed by atoms with Crippen molar-refractivity contribution >= 4 is 6.09 Å². The van der Waals surface area contributed by atoms with Crippen LogP contribution in [0.15, 0.2) is 42.7 Å². The van der Waals surface area contributed by atoms with Crippen LogP contribution in [0, 0.1) is 0 Å². The lowest BCUT2D eigenvalue weighted by atomic mass is 9.96. The van der Waals surface area contributed by atoms with Crippen molar-refractivity contribution in [1.29, 1.82) is 0 Å². The molecule has 0 N–H and O–H groups in total. The number of carbonyl (C=O) groups is 1. The van der Waals surface area contributed by atoms with Crippen LogP contribution < -0.4 is 0 Å². The second-order valence-corrected chi connectivity index (χ2v) is 6.22. The van der Waals surface area contributed by atoms with Gasteiger partial charge in [-0.15, -0.1) is 0 Å². The molecule has 0 unspecified atom stereocenters. The van der Waals surface area contributed by atoms with E-state index >= 15 is 0 Å². The van der Waals surface area contributed by atoms with Gasteiger partial charge in [0.05, 0.1) is 6.61 Å². The molecule has 24 heavy (non-hydrogen) atoms. The smallest absolute Gasteiger partial charge is 0.409 e. The highest BCUT2D eigenvalue weighted by atomic mass is 16.6. The monoisotopic (exact) mass is 327 g/mol. The Bertz CT molecular complexity index is 646. The molecule has 2 heterocycles. The zero-order valence-corrected chi connectivity index (χ0v) is 14.2. The number of likely N-dealkylation sites (tertiary alicyclic amines) is 1. The minimum atomic E-state index is -0.173. The average Bonchev–Trinajstić information content (AvgIpc) is 3.12. The predicted molar refractivity (Wildman–Crippen MR) is 93.4 cm³/mol. The third-order valence-electron chi connectivity index (χ3n) is 4.55. The first-order valence-electron chi connectivity index (χ1n) is 8.80. The van der Waals surface area contributed by atoms with Crippen LogP contribution in [-0.2, 0) is 4.74 Å². The Morgan fingerprint density at radius 1 is 1.25 bits per heavy atom. The Labute approximate surface area is 143 Å². The molecule has 0 aliphatic carbocycles. The van der Waals surface area contributed by atoms with Crippen molar-refractivity contribution in [3.63, 3.8) is 0 Å². The summed E-state index contributed by atoms with van der Waals surface area (Å²) in [5, 5.41) is 0. The van der Waals surface area contributed by atoms with E-state index in [4.69, 9.17) is 4.74 Å². The fourth-order valence-corrected chi connectivity index (χ4v) is 3.14. The van der Waals surface area contributed by atoms with Gasteiger partial charge in [0, 0.05) is 37.1 Å². The van der Waals surface area contributed by atoms with Crippen LogP contribution in [0.1, 0.15) is 44.3 Å². The van der Waals surface area contributed by atoms with Gasteiger partial charge in [0.25, 0.3) is 0 Å². The summed E-state index contributed by atoms with van der Waals surface area (Å²) in [5.41, 5.74) is 1.13. The van der Waals surface area contributed by atoms with Gasteiger partial charge < -0.3 is 14.2 Å². The quantitative estimate of drug-likeness (QED) is 0.780. The van der Waals surface area contributed by atoms with Crippen molar-refractivity contribution in [1.82, 2.24) is 14.5 Å². The van der Waals surface area contributed by atoms with Gasteiger partial charge in [-0.1, -0.05) is 31.5 Å². The van der Waals surface area contributed by atoms with Gasteiger partial charge in [0.2, 0.25) is 0 Å². The molecule has 0 saturated carbocycles. The Morgan fingerprint density at radius 2 is 2.00 bits per heavy atom. The lowest BCUT2D eigenvalue weighted by Gasteiger charge is -2.31. The van der Waals surface area contributed by atoms with E-state index in [1.807, 2.05) is 35.5 Å². The maximum atomic E-state index is 12.0. The summed E-state index contributed by atoms with van der Waals surface area (Å²) in [4.78, 5) is 18.4. The number of unbranched alkanes of at least 4 members (excludes halogenated alkanes) is 1. The van der Waals surface area contributed by atoms with Crippen molar-refractivity contribution in [2.24, 2.45) is 0 Å². The molecule has 1 fully saturated rings. The molecular formula is C19H25N3O2. The molecule has 1 aliphatic rings. The van der Waals surface area contributed by atoms with Gasteiger partial charge in [-0.3, -0.25) is 0 Å². The first-order valence-corrected chi connectivity index (χ1v) is 8.80. The summed E-state index contributed by atoms with van der Waals surface area (Å²) in [6, 6.07) is 10.3. The van der Waals surface area contributed by atoms with E-state index in [0.717, 1.165) is 50.3 Å². The summed E-state index contributed by atoms with van der Waals surface area (Å²) in [6.07, 6.45) is 7.51. The van der Waals surface area contributed by atoms with E-state index < -0.39 is 0 Å². The van der Waals surface area contributed by atoms with E-state index in [0.29, 0.717) is 12.5 Å². The van der Waals surface area contributed by atoms with Crippen molar-refractivity contribution < 1.29 is 9.53 Å². The molecule has 0 atom stereocenters. The zero-order valence-electron chi connectivity index (χ0n) is 14.2. The first-order chi connectivity index (χ1) is 11.8. The molecule has 1 amide bonds. The van der Waals surface area contributed by atoms with Crippen molar-refractivity contribution in [3.8, 4) is 5.69 Å². The molecule has 2 aromatic rings. The van der Waals surface area contributed by atoms with E-state index in [9.17, 15) is 4.79 Å². The number of carbonyl (C=O) groups excluding carboxylic acids is 1. The van der Waals surface area contributed by atoms with E-state index in [1.54, 1.807) is 0 Å². The van der Waals surface area contributed by atoms with Crippen molar-refractivity contribution in [2.75, 3.05) is 19.7 Å². The molecule has 5 heteroatoms. The first kappa shape index (κ1) is 16.6. The number of aromatic nitrogens is 2. The highest BCUT2D eigenvalue weighted by Gasteiger charge is 2.27. The minimum Gasteiger partial charge on any atom is -0.449 e. The Hall–Kier alpha value is -2.30. The second-order valence-electron chi connectivity index (χ2n) is 6.22. The number of hydrogen-bond acceptors (Lipinski definition) is 3. The number of para-hydroxylation sites is 1. The standard InChI is InChI=1S/C19H25N3O2/c1-2-3-15-24-19(23)21-12-9-16(10-13-21)18-20-11-14-22(18)17-7-5-4-6-8-17/h4-8,11,14,16H,2-3,9-10,12-13,15H2,1H3.